The predicted molar refractivity (Wildman–Crippen MR) is 63.5 cm³/mol. The molecular formula is C12H12ClN3. The van der Waals surface area contributed by atoms with Gasteiger partial charge < -0.3 is 0 Å². The van der Waals surface area contributed by atoms with Gasteiger partial charge in [-0.1, -0.05) is 11.6 Å². The van der Waals surface area contributed by atoms with Crippen LogP contribution in [0.15, 0.2) is 18.2 Å². The highest BCUT2D eigenvalue weighted by molar-refractivity contribution is 6.30. The Kier molecular flexibility index (Phi) is 2.21. The number of rotatable bonds is 2. The molecule has 2 aromatic rings. The van der Waals surface area contributed by atoms with Crippen molar-refractivity contribution < 1.29 is 0 Å². The maximum Gasteiger partial charge on any atom is 0.181 e. The lowest BCUT2D eigenvalue weighted by Gasteiger charge is -1.98. The van der Waals surface area contributed by atoms with Crippen molar-refractivity contribution >= 4 is 11.6 Å². The number of hydrogen-bond donors (Lipinski definition) is 1. The molecule has 1 aliphatic carbocycles. The molecule has 3 rings (SSSR count). The normalized spacial score (nSPS) is 15.4. The summed E-state index contributed by atoms with van der Waals surface area (Å²) >= 11 is 6.02. The molecule has 4 heteroatoms. The summed E-state index contributed by atoms with van der Waals surface area (Å²) in [6.45, 7) is 2.02. The Morgan fingerprint density at radius 1 is 1.31 bits per heavy atom. The van der Waals surface area contributed by atoms with Gasteiger partial charge in [-0.3, -0.25) is 5.10 Å². The lowest BCUT2D eigenvalue weighted by molar-refractivity contribution is 0.935. The van der Waals surface area contributed by atoms with Crippen molar-refractivity contribution in [3.8, 4) is 11.4 Å². The van der Waals surface area contributed by atoms with Gasteiger partial charge >= 0.3 is 0 Å². The van der Waals surface area contributed by atoms with E-state index in [1.165, 1.54) is 12.8 Å². The van der Waals surface area contributed by atoms with E-state index in [1.807, 2.05) is 25.1 Å². The SMILES string of the molecule is Cc1cc(Cl)cc(-c2n[nH]c(C3CC3)n2)c1. The van der Waals surface area contributed by atoms with E-state index >= 15 is 0 Å². The van der Waals surface area contributed by atoms with Gasteiger partial charge in [-0.2, -0.15) is 5.10 Å². The highest BCUT2D eigenvalue weighted by Crippen LogP contribution is 2.38. The number of aromatic amines is 1. The van der Waals surface area contributed by atoms with Crippen molar-refractivity contribution in [2.24, 2.45) is 0 Å². The van der Waals surface area contributed by atoms with E-state index in [-0.39, 0.29) is 0 Å². The van der Waals surface area contributed by atoms with E-state index in [0.29, 0.717) is 5.92 Å². The highest BCUT2D eigenvalue weighted by Gasteiger charge is 2.27. The molecule has 0 saturated heterocycles. The van der Waals surface area contributed by atoms with Crippen LogP contribution < -0.4 is 0 Å². The molecule has 0 atom stereocenters. The Balaban J connectivity index is 2.00. The fourth-order valence-corrected chi connectivity index (χ4v) is 2.10. The molecule has 0 spiro atoms. The molecule has 82 valence electrons. The smallest absolute Gasteiger partial charge is 0.181 e. The second-order valence-corrected chi connectivity index (χ2v) is 4.77. The third-order valence-corrected chi connectivity index (χ3v) is 2.99. The van der Waals surface area contributed by atoms with Crippen LogP contribution in [0.4, 0.5) is 0 Å². The lowest BCUT2D eigenvalue weighted by atomic mass is 10.1. The van der Waals surface area contributed by atoms with Crippen LogP contribution in [0.5, 0.6) is 0 Å². The first kappa shape index (κ1) is 9.85. The predicted octanol–water partition coefficient (Wildman–Crippen LogP) is 3.31. The quantitative estimate of drug-likeness (QED) is 0.865. The molecule has 0 radical (unpaired) electrons. The summed E-state index contributed by atoms with van der Waals surface area (Å²) in [5, 5.41) is 7.97. The maximum atomic E-state index is 6.02. The summed E-state index contributed by atoms with van der Waals surface area (Å²) in [6.07, 6.45) is 2.45. The zero-order valence-electron chi connectivity index (χ0n) is 9.00. The summed E-state index contributed by atoms with van der Waals surface area (Å²) in [5.41, 5.74) is 2.11. The van der Waals surface area contributed by atoms with Crippen LogP contribution in [-0.2, 0) is 0 Å². The van der Waals surface area contributed by atoms with Crippen LogP contribution in [0.2, 0.25) is 5.02 Å². The average Bonchev–Trinajstić information content (AvgIpc) is 2.95. The fraction of sp³-hybridized carbons (Fsp3) is 0.333. The van der Waals surface area contributed by atoms with Crippen molar-refractivity contribution in [1.82, 2.24) is 15.2 Å². The lowest BCUT2D eigenvalue weighted by Crippen LogP contribution is -1.84. The van der Waals surface area contributed by atoms with Gasteiger partial charge in [-0.25, -0.2) is 4.98 Å². The summed E-state index contributed by atoms with van der Waals surface area (Å²) in [4.78, 5) is 4.50. The van der Waals surface area contributed by atoms with Crippen LogP contribution in [0.25, 0.3) is 11.4 Å². The number of halogens is 1. The minimum Gasteiger partial charge on any atom is -0.262 e. The van der Waals surface area contributed by atoms with E-state index in [2.05, 4.69) is 15.2 Å². The van der Waals surface area contributed by atoms with Crippen LogP contribution >= 0.6 is 11.6 Å². The highest BCUT2D eigenvalue weighted by atomic mass is 35.5. The first-order valence-corrected chi connectivity index (χ1v) is 5.80. The Bertz CT molecular complexity index is 509. The first-order chi connectivity index (χ1) is 7.72. The van der Waals surface area contributed by atoms with Gasteiger partial charge in [-0.15, -0.1) is 0 Å². The molecule has 0 unspecified atom stereocenters. The molecule has 1 aromatic heterocycles. The minimum absolute atomic E-state index is 0.599. The van der Waals surface area contributed by atoms with Crippen molar-refractivity contribution in [2.45, 2.75) is 25.7 Å². The third-order valence-electron chi connectivity index (χ3n) is 2.77. The molecule has 1 fully saturated rings. The summed E-state index contributed by atoms with van der Waals surface area (Å²) < 4.78 is 0. The van der Waals surface area contributed by atoms with Gasteiger partial charge in [0.15, 0.2) is 5.82 Å². The Morgan fingerprint density at radius 3 is 2.81 bits per heavy atom. The summed E-state index contributed by atoms with van der Waals surface area (Å²) in [5.74, 6) is 2.35. The summed E-state index contributed by atoms with van der Waals surface area (Å²) in [6, 6.07) is 5.87. The molecule has 1 N–H and O–H groups in total. The number of aryl methyl sites for hydroxylation is 1. The molecule has 0 aliphatic heterocycles. The van der Waals surface area contributed by atoms with Crippen LogP contribution in [0.1, 0.15) is 30.1 Å². The largest absolute Gasteiger partial charge is 0.262 e. The third kappa shape index (κ3) is 1.83. The number of nitrogens with zero attached hydrogens (tertiary/aromatic N) is 2. The molecular weight excluding hydrogens is 222 g/mol. The number of hydrogen-bond acceptors (Lipinski definition) is 2. The molecule has 0 bridgehead atoms. The van der Waals surface area contributed by atoms with Crippen LogP contribution in [0.3, 0.4) is 0 Å². The van der Waals surface area contributed by atoms with E-state index in [9.17, 15) is 0 Å². The molecule has 3 nitrogen and oxygen atoms in total. The fourth-order valence-electron chi connectivity index (χ4n) is 1.81. The second kappa shape index (κ2) is 3.59. The number of nitrogens with one attached hydrogen (secondary N) is 1. The van der Waals surface area contributed by atoms with E-state index in [1.54, 1.807) is 0 Å². The number of benzene rings is 1. The average molecular weight is 234 g/mol. The molecule has 1 saturated carbocycles. The number of H-pyrrole nitrogens is 1. The van der Waals surface area contributed by atoms with Crippen LogP contribution in [0, 0.1) is 6.92 Å². The first-order valence-electron chi connectivity index (χ1n) is 5.42. The van der Waals surface area contributed by atoms with Gasteiger partial charge in [-0.05, 0) is 43.5 Å². The Hall–Kier alpha value is -1.35. The van der Waals surface area contributed by atoms with Crippen LogP contribution in [-0.4, -0.2) is 15.2 Å². The second-order valence-electron chi connectivity index (χ2n) is 4.34. The molecule has 0 amide bonds. The Morgan fingerprint density at radius 2 is 2.12 bits per heavy atom. The molecule has 1 heterocycles. The zero-order valence-corrected chi connectivity index (χ0v) is 9.75. The van der Waals surface area contributed by atoms with Crippen molar-refractivity contribution in [3.63, 3.8) is 0 Å². The van der Waals surface area contributed by atoms with Gasteiger partial charge in [0, 0.05) is 16.5 Å². The summed E-state index contributed by atoms with van der Waals surface area (Å²) in [7, 11) is 0. The van der Waals surface area contributed by atoms with E-state index in [4.69, 9.17) is 11.6 Å². The van der Waals surface area contributed by atoms with Gasteiger partial charge in [0.1, 0.15) is 5.82 Å². The van der Waals surface area contributed by atoms with Crippen molar-refractivity contribution in [2.75, 3.05) is 0 Å². The zero-order chi connectivity index (χ0) is 11.1. The van der Waals surface area contributed by atoms with Gasteiger partial charge in [0.25, 0.3) is 0 Å². The molecule has 16 heavy (non-hydrogen) atoms. The van der Waals surface area contributed by atoms with E-state index < -0.39 is 0 Å². The van der Waals surface area contributed by atoms with Gasteiger partial charge in [0.05, 0.1) is 0 Å². The van der Waals surface area contributed by atoms with E-state index in [0.717, 1.165) is 27.8 Å². The van der Waals surface area contributed by atoms with Crippen molar-refractivity contribution in [1.29, 1.82) is 0 Å². The number of aromatic nitrogens is 3. The molecule has 1 aliphatic rings. The minimum atomic E-state index is 0.599. The maximum absolute atomic E-state index is 6.02. The standard InChI is InChI=1S/C12H12ClN3/c1-7-4-9(6-10(13)5-7)12-14-11(15-16-12)8-2-3-8/h4-6,8H,2-3H2,1H3,(H,14,15,16). The monoisotopic (exact) mass is 233 g/mol. The van der Waals surface area contributed by atoms with Gasteiger partial charge in [0.2, 0.25) is 0 Å². The Labute approximate surface area is 98.9 Å². The van der Waals surface area contributed by atoms with Crippen molar-refractivity contribution in [3.05, 3.63) is 34.6 Å². The molecule has 1 aromatic carbocycles. The topological polar surface area (TPSA) is 41.6 Å².